The highest BCUT2D eigenvalue weighted by Crippen LogP contribution is 2.31. The van der Waals surface area contributed by atoms with E-state index >= 15 is 0 Å². The largest absolute Gasteiger partial charge is 0.303 e. The summed E-state index contributed by atoms with van der Waals surface area (Å²) in [6.07, 6.45) is 8.59. The van der Waals surface area contributed by atoms with Crippen LogP contribution in [-0.2, 0) is 4.79 Å². The molecule has 0 aliphatic rings. The fraction of sp³-hybridized carbons (Fsp3) is 0.769. The van der Waals surface area contributed by atoms with E-state index in [1.165, 1.54) is 18.3 Å². The van der Waals surface area contributed by atoms with Gasteiger partial charge in [-0.15, -0.1) is 0 Å². The van der Waals surface area contributed by atoms with Crippen LogP contribution in [0.15, 0.2) is 11.6 Å². The highest BCUT2D eigenvalue weighted by molar-refractivity contribution is 5.59. The van der Waals surface area contributed by atoms with E-state index < -0.39 is 0 Å². The molecule has 0 spiro atoms. The van der Waals surface area contributed by atoms with Gasteiger partial charge in [0.1, 0.15) is 6.29 Å². The molecule has 0 saturated heterocycles. The molecule has 0 heterocycles. The molecule has 0 fully saturated rings. The Morgan fingerprint density at radius 1 is 1.29 bits per heavy atom. The quantitative estimate of drug-likeness (QED) is 0.442. The zero-order valence-corrected chi connectivity index (χ0v) is 10.1. The van der Waals surface area contributed by atoms with E-state index in [1.807, 2.05) is 0 Å². The molecule has 0 aromatic rings. The number of carbonyl (C=O) groups excluding carboxylic acids is 1. The molecule has 0 radical (unpaired) electrons. The van der Waals surface area contributed by atoms with Crippen molar-refractivity contribution >= 4 is 6.29 Å². The minimum absolute atomic E-state index is 0.0900. The summed E-state index contributed by atoms with van der Waals surface area (Å²) >= 11 is 0. The average Bonchev–Trinajstić information content (AvgIpc) is 2.19. The number of rotatable bonds is 7. The van der Waals surface area contributed by atoms with Gasteiger partial charge in [0.2, 0.25) is 0 Å². The topological polar surface area (TPSA) is 17.1 Å². The van der Waals surface area contributed by atoms with Crippen molar-refractivity contribution in [2.24, 2.45) is 5.41 Å². The molecule has 0 amide bonds. The van der Waals surface area contributed by atoms with Crippen LogP contribution < -0.4 is 0 Å². The highest BCUT2D eigenvalue weighted by Gasteiger charge is 2.25. The number of aldehydes is 1. The lowest BCUT2D eigenvalue weighted by Crippen LogP contribution is -2.20. The van der Waals surface area contributed by atoms with Crippen LogP contribution in [-0.4, -0.2) is 6.29 Å². The highest BCUT2D eigenvalue weighted by atomic mass is 16.1. The molecule has 0 saturated carbocycles. The molecule has 1 unspecified atom stereocenters. The Morgan fingerprint density at radius 3 is 2.29 bits per heavy atom. The first-order valence-corrected chi connectivity index (χ1v) is 5.70. The van der Waals surface area contributed by atoms with Crippen molar-refractivity contribution in [3.8, 4) is 0 Å². The number of hydrogen-bond acceptors (Lipinski definition) is 1. The molecular formula is C13H24O. The summed E-state index contributed by atoms with van der Waals surface area (Å²) in [5.74, 6) is 0. The van der Waals surface area contributed by atoms with E-state index in [0.717, 1.165) is 25.7 Å². The monoisotopic (exact) mass is 196 g/mol. The fourth-order valence-corrected chi connectivity index (χ4v) is 1.55. The van der Waals surface area contributed by atoms with Gasteiger partial charge in [0.25, 0.3) is 0 Å². The predicted molar refractivity (Wildman–Crippen MR) is 62.4 cm³/mol. The van der Waals surface area contributed by atoms with Gasteiger partial charge >= 0.3 is 0 Å². The maximum absolute atomic E-state index is 11.1. The Hall–Kier alpha value is -0.590. The Morgan fingerprint density at radius 2 is 1.93 bits per heavy atom. The van der Waals surface area contributed by atoms with Crippen molar-refractivity contribution in [2.45, 2.75) is 59.8 Å². The molecule has 0 aliphatic heterocycles. The minimum atomic E-state index is -0.0900. The SMILES string of the molecule is CCCCC(C=O)(CC)CC=C(C)C. The molecule has 0 rings (SSSR count). The van der Waals surface area contributed by atoms with E-state index in [-0.39, 0.29) is 5.41 Å². The minimum Gasteiger partial charge on any atom is -0.303 e. The van der Waals surface area contributed by atoms with Gasteiger partial charge in [-0.2, -0.15) is 0 Å². The molecule has 14 heavy (non-hydrogen) atoms. The third-order valence-corrected chi connectivity index (χ3v) is 2.90. The number of hydrogen-bond donors (Lipinski definition) is 0. The number of allylic oxidation sites excluding steroid dienone is 2. The third kappa shape index (κ3) is 4.59. The van der Waals surface area contributed by atoms with Gasteiger partial charge in [-0.1, -0.05) is 38.3 Å². The lowest BCUT2D eigenvalue weighted by molar-refractivity contribution is -0.116. The maximum atomic E-state index is 11.1. The van der Waals surface area contributed by atoms with Crippen molar-refractivity contribution in [1.29, 1.82) is 0 Å². The lowest BCUT2D eigenvalue weighted by Gasteiger charge is -2.25. The molecule has 1 atom stereocenters. The van der Waals surface area contributed by atoms with Gasteiger partial charge in [-0.05, 0) is 33.1 Å². The van der Waals surface area contributed by atoms with Crippen LogP contribution in [0.1, 0.15) is 59.8 Å². The van der Waals surface area contributed by atoms with Crippen molar-refractivity contribution in [3.05, 3.63) is 11.6 Å². The first kappa shape index (κ1) is 13.4. The van der Waals surface area contributed by atoms with Gasteiger partial charge in [-0.3, -0.25) is 0 Å². The molecule has 0 aromatic carbocycles. The first-order chi connectivity index (χ1) is 6.60. The smallest absolute Gasteiger partial charge is 0.126 e. The van der Waals surface area contributed by atoms with Crippen LogP contribution >= 0.6 is 0 Å². The molecule has 0 aromatic heterocycles. The normalized spacial score (nSPS) is 14.6. The van der Waals surface area contributed by atoms with Crippen LogP contribution in [0.3, 0.4) is 0 Å². The van der Waals surface area contributed by atoms with Gasteiger partial charge in [0.05, 0.1) is 0 Å². The second kappa shape index (κ2) is 6.80. The molecule has 0 N–H and O–H groups in total. The summed E-state index contributed by atoms with van der Waals surface area (Å²) in [6, 6.07) is 0. The first-order valence-electron chi connectivity index (χ1n) is 5.70. The van der Waals surface area contributed by atoms with Gasteiger partial charge in [0.15, 0.2) is 0 Å². The summed E-state index contributed by atoms with van der Waals surface area (Å²) < 4.78 is 0. The molecular weight excluding hydrogens is 172 g/mol. The van der Waals surface area contributed by atoms with E-state index in [0.29, 0.717) is 0 Å². The molecule has 1 heteroatoms. The predicted octanol–water partition coefficient (Wildman–Crippen LogP) is 4.13. The van der Waals surface area contributed by atoms with E-state index in [1.54, 1.807) is 0 Å². The van der Waals surface area contributed by atoms with Crippen molar-refractivity contribution in [1.82, 2.24) is 0 Å². The number of unbranched alkanes of at least 4 members (excludes halogenated alkanes) is 1. The van der Waals surface area contributed by atoms with Crippen LogP contribution in [0.4, 0.5) is 0 Å². The van der Waals surface area contributed by atoms with E-state index in [4.69, 9.17) is 0 Å². The fourth-order valence-electron chi connectivity index (χ4n) is 1.55. The average molecular weight is 196 g/mol. The van der Waals surface area contributed by atoms with Crippen LogP contribution in [0.25, 0.3) is 0 Å². The standard InChI is InChI=1S/C13H24O/c1-5-7-9-13(6-2,11-14)10-8-12(3)4/h8,11H,5-7,9-10H2,1-4H3. The second-order valence-electron chi connectivity index (χ2n) is 4.42. The van der Waals surface area contributed by atoms with E-state index in [9.17, 15) is 4.79 Å². The zero-order chi connectivity index (χ0) is 11.0. The lowest BCUT2D eigenvalue weighted by atomic mass is 9.78. The van der Waals surface area contributed by atoms with Gasteiger partial charge in [0, 0.05) is 5.41 Å². The van der Waals surface area contributed by atoms with Gasteiger partial charge < -0.3 is 4.79 Å². The van der Waals surface area contributed by atoms with Crippen molar-refractivity contribution < 1.29 is 4.79 Å². The molecule has 1 nitrogen and oxygen atoms in total. The summed E-state index contributed by atoms with van der Waals surface area (Å²) in [4.78, 5) is 11.1. The summed E-state index contributed by atoms with van der Waals surface area (Å²) in [5, 5.41) is 0. The Balaban J connectivity index is 4.36. The Labute approximate surface area is 88.6 Å². The molecule has 0 bridgehead atoms. The van der Waals surface area contributed by atoms with Crippen LogP contribution in [0, 0.1) is 5.41 Å². The third-order valence-electron chi connectivity index (χ3n) is 2.90. The zero-order valence-electron chi connectivity index (χ0n) is 10.1. The molecule has 82 valence electrons. The van der Waals surface area contributed by atoms with Crippen molar-refractivity contribution in [3.63, 3.8) is 0 Å². The number of carbonyl (C=O) groups is 1. The maximum Gasteiger partial charge on any atom is 0.126 e. The molecule has 0 aliphatic carbocycles. The van der Waals surface area contributed by atoms with Crippen LogP contribution in [0.2, 0.25) is 0 Å². The Bertz CT molecular complexity index is 189. The van der Waals surface area contributed by atoms with Crippen molar-refractivity contribution in [2.75, 3.05) is 0 Å². The van der Waals surface area contributed by atoms with Crippen LogP contribution in [0.5, 0.6) is 0 Å². The Kier molecular flexibility index (Phi) is 6.52. The summed E-state index contributed by atoms with van der Waals surface area (Å²) in [5.41, 5.74) is 1.22. The second-order valence-corrected chi connectivity index (χ2v) is 4.42. The summed E-state index contributed by atoms with van der Waals surface area (Å²) in [7, 11) is 0. The van der Waals surface area contributed by atoms with Gasteiger partial charge in [-0.25, -0.2) is 0 Å². The summed E-state index contributed by atoms with van der Waals surface area (Å²) in [6.45, 7) is 8.46. The van der Waals surface area contributed by atoms with E-state index in [2.05, 4.69) is 33.8 Å².